The van der Waals surface area contributed by atoms with Crippen LogP contribution in [0.5, 0.6) is 0 Å². The maximum atomic E-state index is 2.59. The van der Waals surface area contributed by atoms with Crippen LogP contribution in [0.15, 0.2) is 0 Å². The topological polar surface area (TPSA) is 0 Å². The molecular weight excluding hydrogens is 211 g/mol. The fourth-order valence-corrected chi connectivity index (χ4v) is 5.99. The van der Waals surface area contributed by atoms with Crippen LogP contribution in [0.25, 0.3) is 0 Å². The third-order valence-electron chi connectivity index (χ3n) is 2.36. The minimum Gasteiger partial charge on any atom is -0.123 e. The van der Waals surface area contributed by atoms with Gasteiger partial charge < -0.3 is 0 Å². The van der Waals surface area contributed by atoms with Crippen molar-refractivity contribution in [1.29, 1.82) is 0 Å². The molecule has 0 spiro atoms. The first kappa shape index (κ1) is 5.39. The fourth-order valence-electron chi connectivity index (χ4n) is 1.69. The predicted octanol–water partition coefficient (Wildman–Crippen LogP) is 2.04. The molecule has 1 fully saturated rings. The second-order valence-electron chi connectivity index (χ2n) is 2.99. The van der Waals surface area contributed by atoms with Gasteiger partial charge in [-0.15, -0.1) is 20.7 Å². The first-order valence-electron chi connectivity index (χ1n) is 3.26. The highest BCUT2D eigenvalue weighted by Gasteiger charge is 2.51. The van der Waals surface area contributed by atoms with Gasteiger partial charge >= 0.3 is 0 Å². The molecule has 0 aromatic heterocycles. The van der Waals surface area contributed by atoms with Crippen LogP contribution in [0.3, 0.4) is 0 Å². The van der Waals surface area contributed by atoms with Crippen LogP contribution in [-0.4, -0.2) is 7.94 Å². The van der Waals surface area contributed by atoms with Crippen LogP contribution in [0.2, 0.25) is 0 Å². The summed E-state index contributed by atoms with van der Waals surface area (Å²) >= 11 is 0.548. The van der Waals surface area contributed by atoms with E-state index in [4.69, 9.17) is 0 Å². The molecule has 1 aliphatic carbocycles. The molecule has 0 nitrogen and oxygen atoms in total. The highest BCUT2D eigenvalue weighted by molar-refractivity contribution is 14.2. The summed E-state index contributed by atoms with van der Waals surface area (Å²) < 4.78 is 3.80. The lowest BCUT2D eigenvalue weighted by atomic mass is 10.1. The summed E-state index contributed by atoms with van der Waals surface area (Å²) in [5.74, 6) is 3.24. The lowest BCUT2D eigenvalue weighted by Gasteiger charge is -1.96. The van der Waals surface area contributed by atoms with Crippen molar-refractivity contribution in [3.05, 3.63) is 0 Å². The van der Waals surface area contributed by atoms with Gasteiger partial charge in [0, 0.05) is 3.92 Å². The lowest BCUT2D eigenvalue weighted by Crippen LogP contribution is -1.95. The van der Waals surface area contributed by atoms with E-state index < -0.39 is 0 Å². The summed E-state index contributed by atoms with van der Waals surface area (Å²) in [4.78, 5) is 0. The minimum absolute atomic E-state index is 0.548. The largest absolute Gasteiger partial charge is 0.123 e. The van der Waals surface area contributed by atoms with E-state index in [2.05, 4.69) is 17.9 Å². The van der Waals surface area contributed by atoms with E-state index in [0.29, 0.717) is 20.7 Å². The second kappa shape index (κ2) is 1.55. The van der Waals surface area contributed by atoms with Crippen LogP contribution in [0, 0.1) is 17.8 Å². The van der Waals surface area contributed by atoms with Gasteiger partial charge in [0.05, 0.1) is 0 Å². The molecule has 8 heavy (non-hydrogen) atoms. The van der Waals surface area contributed by atoms with E-state index in [1.807, 2.05) is 0 Å². The van der Waals surface area contributed by atoms with Crippen molar-refractivity contribution in [2.24, 2.45) is 17.8 Å². The van der Waals surface area contributed by atoms with Gasteiger partial charge in [0.2, 0.25) is 0 Å². The van der Waals surface area contributed by atoms with E-state index in [-0.39, 0.29) is 0 Å². The highest BCUT2D eigenvalue weighted by Crippen LogP contribution is 2.56. The zero-order valence-corrected chi connectivity index (χ0v) is 7.42. The number of alkyl halides is 1. The maximum Gasteiger partial charge on any atom is 0.0125 e. The Morgan fingerprint density at radius 3 is 2.38 bits per heavy atom. The summed E-state index contributed by atoms with van der Waals surface area (Å²) in [5, 5.41) is 0. The van der Waals surface area contributed by atoms with Crippen LogP contribution in [-0.2, 0) is 0 Å². The molecule has 0 amide bonds. The van der Waals surface area contributed by atoms with E-state index >= 15 is 0 Å². The number of hydrogen-bond acceptors (Lipinski definition) is 0. The normalized spacial score (nSPS) is 59.8. The van der Waals surface area contributed by atoms with Crippen molar-refractivity contribution in [1.82, 2.24) is 0 Å². The van der Waals surface area contributed by atoms with E-state index in [1.54, 1.807) is 0 Å². The molecular formula is C7H11I. The Hall–Kier alpha value is 0.600. The Bertz CT molecular complexity index is 137. The third kappa shape index (κ3) is 0.539. The van der Waals surface area contributed by atoms with Gasteiger partial charge in [0.25, 0.3) is 0 Å². The molecule has 1 heterocycles. The van der Waals surface area contributed by atoms with Crippen molar-refractivity contribution in [2.75, 3.05) is 0 Å². The molecule has 2 rings (SSSR count). The molecule has 1 unspecified atom stereocenters. The summed E-state index contributed by atoms with van der Waals surface area (Å²) in [5.41, 5.74) is 0. The minimum atomic E-state index is 0.548. The van der Waals surface area contributed by atoms with Gasteiger partial charge in [-0.25, -0.2) is 0 Å². The van der Waals surface area contributed by atoms with Crippen LogP contribution < -0.4 is 0 Å². The Kier molecular flexibility index (Phi) is 1.05. The maximum absolute atomic E-state index is 2.59. The van der Waals surface area contributed by atoms with Gasteiger partial charge in [0.1, 0.15) is 0 Å². The second-order valence-corrected chi connectivity index (χ2v) is 5.87. The van der Waals surface area contributed by atoms with Gasteiger partial charge in [-0.3, -0.25) is 0 Å². The van der Waals surface area contributed by atoms with Gasteiger partial charge in [-0.2, -0.15) is 0 Å². The SMILES string of the molecule is C[C@@H]1C=IC2[C@@H]1[C@H]2C. The van der Waals surface area contributed by atoms with E-state index in [9.17, 15) is 0 Å². The average molecular weight is 222 g/mol. The van der Waals surface area contributed by atoms with E-state index in [0.717, 1.165) is 17.8 Å². The monoisotopic (exact) mass is 222 g/mol. The standard InChI is InChI=1S/C7H11I/c1-4-3-8-7-5(2)6(4)7/h3-7H,1-2H3/t4-,5-,6+,7?/m1/s1. The van der Waals surface area contributed by atoms with Crippen LogP contribution in [0.4, 0.5) is 0 Å². The lowest BCUT2D eigenvalue weighted by molar-refractivity contribution is 0.638. The molecule has 1 saturated carbocycles. The number of hydrogen-bond donors (Lipinski definition) is 0. The Morgan fingerprint density at radius 1 is 1.38 bits per heavy atom. The average Bonchev–Trinajstić information content (AvgIpc) is 2.13. The Balaban J connectivity index is 2.18. The van der Waals surface area contributed by atoms with Crippen molar-refractivity contribution < 1.29 is 0 Å². The summed E-state index contributed by atoms with van der Waals surface area (Å²) in [6.07, 6.45) is 0. The molecule has 0 saturated heterocycles. The molecule has 0 N–H and O–H groups in total. The molecule has 4 atom stereocenters. The first-order valence-corrected chi connectivity index (χ1v) is 5.75. The van der Waals surface area contributed by atoms with Crippen molar-refractivity contribution in [2.45, 2.75) is 17.8 Å². The first-order chi connectivity index (χ1) is 3.80. The van der Waals surface area contributed by atoms with E-state index in [1.165, 1.54) is 3.92 Å². The fraction of sp³-hybridized carbons (Fsp3) is 0.857. The Morgan fingerprint density at radius 2 is 2.12 bits per heavy atom. The molecule has 1 heteroatoms. The van der Waals surface area contributed by atoms with Crippen molar-refractivity contribution in [3.63, 3.8) is 0 Å². The zero-order valence-electron chi connectivity index (χ0n) is 5.26. The summed E-state index contributed by atoms with van der Waals surface area (Å²) in [7, 11) is 0. The molecule has 0 radical (unpaired) electrons. The Labute approximate surface area is 60.4 Å². The number of rotatable bonds is 0. The summed E-state index contributed by atoms with van der Waals surface area (Å²) in [6.45, 7) is 4.80. The molecule has 2 aliphatic rings. The molecule has 0 bridgehead atoms. The van der Waals surface area contributed by atoms with Gasteiger partial charge in [-0.1, -0.05) is 17.9 Å². The molecule has 46 valence electrons. The van der Waals surface area contributed by atoms with Crippen molar-refractivity contribution in [3.8, 4) is 0 Å². The summed E-state index contributed by atoms with van der Waals surface area (Å²) in [6, 6.07) is 0. The molecule has 1 aliphatic heterocycles. The van der Waals surface area contributed by atoms with Crippen LogP contribution >= 0.6 is 20.7 Å². The number of fused-ring (bicyclic) bond motifs is 1. The molecule has 0 aromatic carbocycles. The van der Waals surface area contributed by atoms with Gasteiger partial charge in [-0.05, 0) is 17.8 Å². The zero-order chi connectivity index (χ0) is 5.72. The van der Waals surface area contributed by atoms with Gasteiger partial charge in [0.15, 0.2) is 0 Å². The highest BCUT2D eigenvalue weighted by atomic mass is 127. The number of halogens is 1. The quantitative estimate of drug-likeness (QED) is 0.434. The molecule has 0 aromatic rings. The van der Waals surface area contributed by atoms with Crippen LogP contribution in [0.1, 0.15) is 13.8 Å². The third-order valence-corrected chi connectivity index (χ3v) is 6.71. The predicted molar refractivity (Wildman–Crippen MR) is 45.7 cm³/mol. The smallest absolute Gasteiger partial charge is 0.0125 e. The van der Waals surface area contributed by atoms with Crippen molar-refractivity contribution >= 4 is 24.7 Å².